The van der Waals surface area contributed by atoms with Crippen LogP contribution in [0, 0.1) is 11.8 Å². The zero-order chi connectivity index (χ0) is 16.8. The smallest absolute Gasteiger partial charge is 0.408 e. The van der Waals surface area contributed by atoms with Crippen LogP contribution in [0.5, 0.6) is 0 Å². The molecule has 0 aliphatic carbocycles. The Hall–Kier alpha value is -3.26. The Morgan fingerprint density at radius 1 is 1.21 bits per heavy atom. The number of hydrogen-bond acceptors (Lipinski definition) is 3. The molecule has 0 fully saturated rings. The molecular formula is C19H16N2O3. The normalized spacial score (nSPS) is 11.8. The van der Waals surface area contributed by atoms with Crippen LogP contribution in [-0.4, -0.2) is 18.5 Å². The molecule has 0 saturated carbocycles. The molecule has 2 N–H and O–H groups in total. The minimum atomic E-state index is -0.513. The van der Waals surface area contributed by atoms with Crippen LogP contribution in [0.3, 0.4) is 0 Å². The first-order valence-electron chi connectivity index (χ1n) is 7.57. The highest BCUT2D eigenvalue weighted by atomic mass is 16.5. The fourth-order valence-electron chi connectivity index (χ4n) is 2.33. The summed E-state index contributed by atoms with van der Waals surface area (Å²) in [6.45, 7) is 0.966. The van der Waals surface area contributed by atoms with Crippen molar-refractivity contribution in [2.24, 2.45) is 0 Å². The summed E-state index contributed by atoms with van der Waals surface area (Å²) in [5, 5.41) is 5.33. The van der Waals surface area contributed by atoms with Gasteiger partial charge in [0.2, 0.25) is 0 Å². The highest BCUT2D eigenvalue weighted by molar-refractivity contribution is 5.98. The zero-order valence-electron chi connectivity index (χ0n) is 13.0. The van der Waals surface area contributed by atoms with E-state index in [0.717, 1.165) is 16.7 Å². The predicted octanol–water partition coefficient (Wildman–Crippen LogP) is 2.21. The molecule has 0 spiro atoms. The molecule has 0 saturated heterocycles. The maximum atomic E-state index is 11.6. The molecule has 5 heteroatoms. The molecule has 0 atom stereocenters. The molecule has 24 heavy (non-hydrogen) atoms. The van der Waals surface area contributed by atoms with Crippen molar-refractivity contribution in [2.75, 3.05) is 6.54 Å². The van der Waals surface area contributed by atoms with Crippen molar-refractivity contribution in [3.63, 3.8) is 0 Å². The van der Waals surface area contributed by atoms with Crippen LogP contribution in [-0.2, 0) is 17.9 Å². The minimum Gasteiger partial charge on any atom is -0.445 e. The van der Waals surface area contributed by atoms with Crippen LogP contribution in [0.4, 0.5) is 4.79 Å². The summed E-state index contributed by atoms with van der Waals surface area (Å²) in [5.74, 6) is 5.69. The maximum Gasteiger partial charge on any atom is 0.408 e. The SMILES string of the molecule is O=C(NCC#Cc1ccc2c(c1)C(=O)NC2)OCc1ccccc1. The van der Waals surface area contributed by atoms with E-state index in [1.807, 2.05) is 42.5 Å². The van der Waals surface area contributed by atoms with Crippen molar-refractivity contribution < 1.29 is 14.3 Å². The molecule has 0 radical (unpaired) electrons. The highest BCUT2D eigenvalue weighted by Gasteiger charge is 2.17. The van der Waals surface area contributed by atoms with Crippen molar-refractivity contribution in [1.82, 2.24) is 10.6 Å². The number of hydrogen-bond donors (Lipinski definition) is 2. The Bertz CT molecular complexity index is 819. The molecule has 2 aromatic rings. The number of fused-ring (bicyclic) bond motifs is 1. The first-order valence-corrected chi connectivity index (χ1v) is 7.57. The topological polar surface area (TPSA) is 67.4 Å². The van der Waals surface area contributed by atoms with Crippen molar-refractivity contribution in [1.29, 1.82) is 0 Å². The van der Waals surface area contributed by atoms with Gasteiger partial charge in [0.15, 0.2) is 0 Å². The van der Waals surface area contributed by atoms with Gasteiger partial charge in [0.05, 0.1) is 6.54 Å². The molecule has 5 nitrogen and oxygen atoms in total. The number of alkyl carbamates (subject to hydrolysis) is 1. The van der Waals surface area contributed by atoms with Gasteiger partial charge in [-0.2, -0.15) is 0 Å². The molecule has 1 aliphatic rings. The van der Waals surface area contributed by atoms with Gasteiger partial charge < -0.3 is 15.4 Å². The van der Waals surface area contributed by atoms with E-state index in [1.165, 1.54) is 0 Å². The lowest BCUT2D eigenvalue weighted by Crippen LogP contribution is -2.24. The Labute approximate surface area is 140 Å². The summed E-state index contributed by atoms with van der Waals surface area (Å²) < 4.78 is 5.08. The van der Waals surface area contributed by atoms with Crippen LogP contribution in [0.1, 0.15) is 27.0 Å². The summed E-state index contributed by atoms with van der Waals surface area (Å²) in [6.07, 6.45) is -0.513. The van der Waals surface area contributed by atoms with E-state index in [9.17, 15) is 9.59 Å². The van der Waals surface area contributed by atoms with E-state index in [-0.39, 0.29) is 19.1 Å². The van der Waals surface area contributed by atoms with Crippen molar-refractivity contribution in [2.45, 2.75) is 13.2 Å². The van der Waals surface area contributed by atoms with Gasteiger partial charge in [0.25, 0.3) is 5.91 Å². The Balaban J connectivity index is 1.47. The number of ether oxygens (including phenoxy) is 1. The fourth-order valence-corrected chi connectivity index (χ4v) is 2.33. The van der Waals surface area contributed by atoms with Gasteiger partial charge in [-0.3, -0.25) is 4.79 Å². The number of amides is 2. The zero-order valence-corrected chi connectivity index (χ0v) is 13.0. The Morgan fingerprint density at radius 2 is 2.04 bits per heavy atom. The van der Waals surface area contributed by atoms with Gasteiger partial charge in [-0.05, 0) is 23.3 Å². The largest absolute Gasteiger partial charge is 0.445 e. The number of benzene rings is 2. The fraction of sp³-hybridized carbons (Fsp3) is 0.158. The number of nitrogens with one attached hydrogen (secondary N) is 2. The van der Waals surface area contributed by atoms with Gasteiger partial charge in [-0.25, -0.2) is 4.79 Å². The second-order valence-electron chi connectivity index (χ2n) is 5.27. The van der Waals surface area contributed by atoms with Crippen LogP contribution in [0.25, 0.3) is 0 Å². The third-order valence-electron chi connectivity index (χ3n) is 3.56. The second-order valence-corrected chi connectivity index (χ2v) is 5.27. The molecule has 0 bridgehead atoms. The summed E-state index contributed by atoms with van der Waals surface area (Å²) in [7, 11) is 0. The monoisotopic (exact) mass is 320 g/mol. The van der Waals surface area contributed by atoms with Crippen LogP contribution < -0.4 is 10.6 Å². The quantitative estimate of drug-likeness (QED) is 0.852. The van der Waals surface area contributed by atoms with Crippen molar-refractivity contribution >= 4 is 12.0 Å². The average molecular weight is 320 g/mol. The average Bonchev–Trinajstić information content (AvgIpc) is 2.98. The molecule has 3 rings (SSSR count). The minimum absolute atomic E-state index is 0.0729. The number of rotatable bonds is 3. The number of carbonyl (C=O) groups is 2. The molecule has 0 unspecified atom stereocenters. The van der Waals surface area contributed by atoms with Crippen LogP contribution in [0.2, 0.25) is 0 Å². The van der Waals surface area contributed by atoms with E-state index in [4.69, 9.17) is 4.74 Å². The molecule has 2 aromatic carbocycles. The molecule has 120 valence electrons. The lowest BCUT2D eigenvalue weighted by Gasteiger charge is -2.04. The van der Waals surface area contributed by atoms with Gasteiger partial charge in [-0.15, -0.1) is 0 Å². The lowest BCUT2D eigenvalue weighted by molar-refractivity contribution is 0.0965. The lowest BCUT2D eigenvalue weighted by atomic mass is 10.1. The van der Waals surface area contributed by atoms with Gasteiger partial charge in [-0.1, -0.05) is 48.2 Å². The summed E-state index contributed by atoms with van der Waals surface area (Å²) >= 11 is 0. The molecular weight excluding hydrogens is 304 g/mol. The van der Waals surface area contributed by atoms with Crippen LogP contribution in [0.15, 0.2) is 48.5 Å². The number of carbonyl (C=O) groups excluding carboxylic acids is 2. The van der Waals surface area contributed by atoms with E-state index in [1.54, 1.807) is 6.07 Å². The van der Waals surface area contributed by atoms with E-state index < -0.39 is 6.09 Å². The van der Waals surface area contributed by atoms with E-state index in [2.05, 4.69) is 22.5 Å². The molecule has 0 aromatic heterocycles. The third kappa shape index (κ3) is 3.93. The summed E-state index contributed by atoms with van der Waals surface area (Å²) in [5.41, 5.74) is 3.31. The maximum absolute atomic E-state index is 11.6. The molecule has 1 aliphatic heterocycles. The highest BCUT2D eigenvalue weighted by Crippen LogP contribution is 2.16. The Morgan fingerprint density at radius 3 is 2.88 bits per heavy atom. The first-order chi connectivity index (χ1) is 11.7. The van der Waals surface area contributed by atoms with E-state index in [0.29, 0.717) is 12.1 Å². The van der Waals surface area contributed by atoms with Gasteiger partial charge in [0.1, 0.15) is 6.61 Å². The van der Waals surface area contributed by atoms with Gasteiger partial charge in [0, 0.05) is 17.7 Å². The second kappa shape index (κ2) is 7.34. The van der Waals surface area contributed by atoms with Gasteiger partial charge >= 0.3 is 6.09 Å². The summed E-state index contributed by atoms with van der Waals surface area (Å²) in [6, 6.07) is 15.0. The summed E-state index contributed by atoms with van der Waals surface area (Å²) in [4.78, 5) is 23.2. The Kier molecular flexibility index (Phi) is 4.78. The first kappa shape index (κ1) is 15.6. The molecule has 2 amide bonds. The third-order valence-corrected chi connectivity index (χ3v) is 3.56. The molecule has 1 heterocycles. The standard InChI is InChI=1S/C19H16N2O3/c22-18-17-11-14(8-9-16(17)12-21-18)7-4-10-20-19(23)24-13-15-5-2-1-3-6-15/h1-3,5-6,8-9,11H,10,12-13H2,(H,20,23)(H,21,22). The van der Waals surface area contributed by atoms with Crippen LogP contribution >= 0.6 is 0 Å². The van der Waals surface area contributed by atoms with Crippen molar-refractivity contribution in [3.8, 4) is 11.8 Å². The predicted molar refractivity (Wildman–Crippen MR) is 89.1 cm³/mol. The van der Waals surface area contributed by atoms with Crippen molar-refractivity contribution in [3.05, 3.63) is 70.8 Å². The van der Waals surface area contributed by atoms with E-state index >= 15 is 0 Å².